The molecule has 21 heavy (non-hydrogen) atoms. The first-order valence-electron chi connectivity index (χ1n) is 6.68. The van der Waals surface area contributed by atoms with Gasteiger partial charge in [-0.15, -0.1) is 0 Å². The zero-order chi connectivity index (χ0) is 14.7. The number of halogens is 1. The Bertz CT molecular complexity index is 774. The molecule has 0 saturated carbocycles. The van der Waals surface area contributed by atoms with Crippen molar-refractivity contribution in [3.63, 3.8) is 0 Å². The molecule has 0 aliphatic carbocycles. The van der Waals surface area contributed by atoms with E-state index in [1.165, 1.54) is 5.56 Å². The van der Waals surface area contributed by atoms with Gasteiger partial charge in [-0.05, 0) is 41.3 Å². The highest BCUT2D eigenvalue weighted by atomic mass is 79.9. The monoisotopic (exact) mass is 342 g/mol. The van der Waals surface area contributed by atoms with E-state index >= 15 is 0 Å². The van der Waals surface area contributed by atoms with E-state index in [0.717, 1.165) is 33.4 Å². The molecule has 0 aliphatic rings. The van der Waals surface area contributed by atoms with E-state index in [4.69, 9.17) is 4.74 Å². The van der Waals surface area contributed by atoms with Crippen LogP contribution in [0.2, 0.25) is 0 Å². The van der Waals surface area contributed by atoms with Crippen LogP contribution in [0.25, 0.3) is 10.8 Å². The number of ether oxygens (including phenoxy) is 1. The predicted molar refractivity (Wildman–Crippen MR) is 89.8 cm³/mol. The van der Waals surface area contributed by atoms with Gasteiger partial charge in [0.25, 0.3) is 0 Å². The molecule has 106 valence electrons. The van der Waals surface area contributed by atoms with Crippen molar-refractivity contribution in [2.75, 3.05) is 12.4 Å². The maximum Gasteiger partial charge on any atom is 0.134 e. The van der Waals surface area contributed by atoms with Crippen molar-refractivity contribution in [1.82, 2.24) is 4.98 Å². The van der Waals surface area contributed by atoms with E-state index in [1.807, 2.05) is 48.7 Å². The molecule has 1 N–H and O–H groups in total. The van der Waals surface area contributed by atoms with E-state index in [0.29, 0.717) is 0 Å². The summed E-state index contributed by atoms with van der Waals surface area (Å²) in [7, 11) is 1.68. The Kier molecular flexibility index (Phi) is 4.06. The SMILES string of the molecule is COc1ccc2c(NCc3ccccc3Br)nccc2c1. The van der Waals surface area contributed by atoms with Crippen molar-refractivity contribution < 1.29 is 4.74 Å². The Morgan fingerprint density at radius 3 is 2.81 bits per heavy atom. The third-order valence-corrected chi connectivity index (χ3v) is 4.15. The van der Waals surface area contributed by atoms with Crippen LogP contribution in [0.1, 0.15) is 5.56 Å². The van der Waals surface area contributed by atoms with Gasteiger partial charge in [-0.25, -0.2) is 4.98 Å². The molecule has 1 aromatic heterocycles. The summed E-state index contributed by atoms with van der Waals surface area (Å²) in [5, 5.41) is 5.60. The van der Waals surface area contributed by atoms with E-state index < -0.39 is 0 Å². The smallest absolute Gasteiger partial charge is 0.134 e. The second kappa shape index (κ2) is 6.14. The number of aromatic nitrogens is 1. The van der Waals surface area contributed by atoms with Gasteiger partial charge in [0.1, 0.15) is 11.6 Å². The number of pyridine rings is 1. The lowest BCUT2D eigenvalue weighted by molar-refractivity contribution is 0.415. The Labute approximate surface area is 132 Å². The fraction of sp³-hybridized carbons (Fsp3) is 0.118. The predicted octanol–water partition coefficient (Wildman–Crippen LogP) is 4.62. The van der Waals surface area contributed by atoms with Crippen molar-refractivity contribution in [3.05, 3.63) is 64.8 Å². The lowest BCUT2D eigenvalue weighted by atomic mass is 10.1. The van der Waals surface area contributed by atoms with Crippen molar-refractivity contribution in [2.24, 2.45) is 0 Å². The molecule has 3 rings (SSSR count). The molecule has 0 saturated heterocycles. The molecule has 1 heterocycles. The van der Waals surface area contributed by atoms with Crippen molar-refractivity contribution >= 4 is 32.5 Å². The second-order valence-electron chi connectivity index (χ2n) is 4.69. The topological polar surface area (TPSA) is 34.1 Å². The zero-order valence-corrected chi connectivity index (χ0v) is 13.2. The minimum absolute atomic E-state index is 0.722. The minimum atomic E-state index is 0.722. The van der Waals surface area contributed by atoms with Gasteiger partial charge in [-0.2, -0.15) is 0 Å². The molecular weight excluding hydrogens is 328 g/mol. The fourth-order valence-corrected chi connectivity index (χ4v) is 2.67. The fourth-order valence-electron chi connectivity index (χ4n) is 2.24. The normalized spacial score (nSPS) is 10.6. The number of rotatable bonds is 4. The van der Waals surface area contributed by atoms with Gasteiger partial charge in [-0.3, -0.25) is 0 Å². The maximum atomic E-state index is 5.26. The number of fused-ring (bicyclic) bond motifs is 1. The first-order chi connectivity index (χ1) is 10.3. The van der Waals surface area contributed by atoms with Crippen LogP contribution < -0.4 is 10.1 Å². The number of hydrogen-bond donors (Lipinski definition) is 1. The van der Waals surface area contributed by atoms with Crippen LogP contribution in [-0.4, -0.2) is 12.1 Å². The molecule has 0 aliphatic heterocycles. The molecule has 0 fully saturated rings. The quantitative estimate of drug-likeness (QED) is 0.751. The molecule has 0 spiro atoms. The highest BCUT2D eigenvalue weighted by Gasteiger charge is 2.04. The molecule has 0 radical (unpaired) electrons. The van der Waals surface area contributed by atoms with Gasteiger partial charge in [0.2, 0.25) is 0 Å². The summed E-state index contributed by atoms with van der Waals surface area (Å²) in [6.45, 7) is 0.722. The lowest BCUT2D eigenvalue weighted by Crippen LogP contribution is -2.02. The number of methoxy groups -OCH3 is 1. The van der Waals surface area contributed by atoms with Crippen LogP contribution in [0.3, 0.4) is 0 Å². The zero-order valence-electron chi connectivity index (χ0n) is 11.6. The summed E-state index contributed by atoms with van der Waals surface area (Å²) in [5.74, 6) is 1.73. The minimum Gasteiger partial charge on any atom is -0.497 e. The van der Waals surface area contributed by atoms with Gasteiger partial charge in [-0.1, -0.05) is 34.1 Å². The van der Waals surface area contributed by atoms with Gasteiger partial charge < -0.3 is 10.1 Å². The van der Waals surface area contributed by atoms with Crippen LogP contribution in [0.15, 0.2) is 59.2 Å². The first-order valence-corrected chi connectivity index (χ1v) is 7.47. The molecule has 0 bridgehead atoms. The van der Waals surface area contributed by atoms with E-state index in [-0.39, 0.29) is 0 Å². The Hall–Kier alpha value is -2.07. The van der Waals surface area contributed by atoms with Gasteiger partial charge in [0.15, 0.2) is 0 Å². The van der Waals surface area contributed by atoms with Crippen molar-refractivity contribution in [3.8, 4) is 5.75 Å². The van der Waals surface area contributed by atoms with Crippen molar-refractivity contribution in [2.45, 2.75) is 6.54 Å². The van der Waals surface area contributed by atoms with E-state index in [9.17, 15) is 0 Å². The maximum absolute atomic E-state index is 5.26. The Morgan fingerprint density at radius 1 is 1.14 bits per heavy atom. The second-order valence-corrected chi connectivity index (χ2v) is 5.55. The summed E-state index contributed by atoms with van der Waals surface area (Å²) >= 11 is 3.56. The van der Waals surface area contributed by atoms with Crippen LogP contribution in [0, 0.1) is 0 Å². The van der Waals surface area contributed by atoms with E-state index in [1.54, 1.807) is 7.11 Å². The Morgan fingerprint density at radius 2 is 2.00 bits per heavy atom. The summed E-state index contributed by atoms with van der Waals surface area (Å²) < 4.78 is 6.36. The molecule has 4 heteroatoms. The van der Waals surface area contributed by atoms with Crippen LogP contribution in [-0.2, 0) is 6.54 Å². The third kappa shape index (κ3) is 3.00. The molecule has 0 amide bonds. The highest BCUT2D eigenvalue weighted by molar-refractivity contribution is 9.10. The number of nitrogens with one attached hydrogen (secondary N) is 1. The van der Waals surface area contributed by atoms with Crippen LogP contribution in [0.5, 0.6) is 5.75 Å². The van der Waals surface area contributed by atoms with Gasteiger partial charge >= 0.3 is 0 Å². The van der Waals surface area contributed by atoms with Gasteiger partial charge in [0.05, 0.1) is 7.11 Å². The van der Waals surface area contributed by atoms with Crippen molar-refractivity contribution in [1.29, 1.82) is 0 Å². The summed E-state index contributed by atoms with van der Waals surface area (Å²) in [6.07, 6.45) is 1.81. The largest absolute Gasteiger partial charge is 0.497 e. The number of nitrogens with zero attached hydrogens (tertiary/aromatic N) is 1. The summed E-state index contributed by atoms with van der Waals surface area (Å²) in [6, 6.07) is 16.2. The average Bonchev–Trinajstić information content (AvgIpc) is 2.53. The van der Waals surface area contributed by atoms with Gasteiger partial charge in [0, 0.05) is 22.6 Å². The summed E-state index contributed by atoms with van der Waals surface area (Å²) in [4.78, 5) is 4.44. The number of anilines is 1. The first kappa shape index (κ1) is 13.9. The van der Waals surface area contributed by atoms with E-state index in [2.05, 4.69) is 32.3 Å². The number of hydrogen-bond acceptors (Lipinski definition) is 3. The Balaban J connectivity index is 1.89. The van der Waals surface area contributed by atoms with Crippen LogP contribution >= 0.6 is 15.9 Å². The molecule has 0 unspecified atom stereocenters. The number of benzene rings is 2. The lowest BCUT2D eigenvalue weighted by Gasteiger charge is -2.10. The molecule has 3 nitrogen and oxygen atoms in total. The summed E-state index contributed by atoms with van der Waals surface area (Å²) in [5.41, 5.74) is 1.20. The average molecular weight is 343 g/mol. The molecule has 2 aromatic carbocycles. The standard InChI is InChI=1S/C17H15BrN2O/c1-21-14-6-7-15-12(10-14)8-9-19-17(15)20-11-13-4-2-3-5-16(13)18/h2-10H,11H2,1H3,(H,19,20). The highest BCUT2D eigenvalue weighted by Crippen LogP contribution is 2.26. The molecule has 3 aromatic rings. The molecule has 0 atom stereocenters. The third-order valence-electron chi connectivity index (χ3n) is 3.38. The molecular formula is C17H15BrN2O. The van der Waals surface area contributed by atoms with Crippen LogP contribution in [0.4, 0.5) is 5.82 Å².